The lowest BCUT2D eigenvalue weighted by molar-refractivity contribution is 0.107. The minimum Gasteiger partial charge on any atom is -0.492 e. The van der Waals surface area contributed by atoms with Gasteiger partial charge in [-0.3, -0.25) is 4.90 Å². The van der Waals surface area contributed by atoms with E-state index in [9.17, 15) is 5.11 Å². The number of hydrogen-bond acceptors (Lipinski definition) is 5. The van der Waals surface area contributed by atoms with Gasteiger partial charge in [-0.05, 0) is 83.9 Å². The smallest absolute Gasteiger partial charge is 0.231 e. The van der Waals surface area contributed by atoms with E-state index in [0.29, 0.717) is 18.1 Å². The van der Waals surface area contributed by atoms with Crippen LogP contribution in [0.5, 0.6) is 17.2 Å². The molecule has 0 amide bonds. The van der Waals surface area contributed by atoms with E-state index in [0.717, 1.165) is 42.0 Å². The standard InChI is InChI=1S/C30H41NO4/c1-17-11-22-21(29(3,4)15-18(2)30(22,5)6)13-20(17)24(32)14-23-26-19(9-10-31(23)7)12-25-27(28(26)33-8)35-16-34-25/h11-13,18,23-24,32H,9-10,14-16H2,1-8H3/t18-,23+,24-/m1/s1. The highest BCUT2D eigenvalue weighted by atomic mass is 16.7. The maximum atomic E-state index is 11.7. The van der Waals surface area contributed by atoms with E-state index in [-0.39, 0.29) is 23.7 Å². The van der Waals surface area contributed by atoms with Crippen molar-refractivity contribution in [2.24, 2.45) is 5.92 Å². The molecule has 0 radical (unpaired) electrons. The SMILES string of the molecule is COc1c2c(cc3c1[C@H](C[C@@H](O)c1cc4c(cc1C)C(C)(C)[C@H](C)CC4(C)C)N(C)CC3)OCO2. The van der Waals surface area contributed by atoms with Crippen molar-refractivity contribution in [1.29, 1.82) is 0 Å². The third-order valence-electron chi connectivity index (χ3n) is 9.23. The zero-order chi connectivity index (χ0) is 25.3. The molecule has 2 aromatic rings. The molecule has 3 atom stereocenters. The molecule has 3 aliphatic rings. The van der Waals surface area contributed by atoms with Crippen molar-refractivity contribution in [2.45, 2.75) is 83.8 Å². The number of aliphatic hydroxyl groups is 1. The molecule has 5 rings (SSSR count). The van der Waals surface area contributed by atoms with Crippen LogP contribution in [-0.4, -0.2) is 37.5 Å². The molecule has 1 N–H and O–H groups in total. The molecular weight excluding hydrogens is 438 g/mol. The van der Waals surface area contributed by atoms with Crippen molar-refractivity contribution in [3.05, 3.63) is 51.6 Å². The summed E-state index contributed by atoms with van der Waals surface area (Å²) in [6.07, 6.45) is 2.09. The largest absolute Gasteiger partial charge is 0.492 e. The number of methoxy groups -OCH3 is 1. The maximum absolute atomic E-state index is 11.7. The van der Waals surface area contributed by atoms with Crippen LogP contribution in [0, 0.1) is 12.8 Å². The number of aryl methyl sites for hydroxylation is 1. The Kier molecular flexibility index (Phi) is 5.88. The van der Waals surface area contributed by atoms with E-state index in [1.165, 1.54) is 22.3 Å². The van der Waals surface area contributed by atoms with Crippen LogP contribution in [0.2, 0.25) is 0 Å². The zero-order valence-corrected chi connectivity index (χ0v) is 22.6. The second-order valence-corrected chi connectivity index (χ2v) is 12.2. The lowest BCUT2D eigenvalue weighted by atomic mass is 9.58. The molecule has 0 bridgehead atoms. The predicted octanol–water partition coefficient (Wildman–Crippen LogP) is 5.98. The van der Waals surface area contributed by atoms with E-state index < -0.39 is 6.10 Å². The Hall–Kier alpha value is -2.24. The lowest BCUT2D eigenvalue weighted by Crippen LogP contribution is -2.40. The first-order valence-corrected chi connectivity index (χ1v) is 13.0. The molecular formula is C30H41NO4. The summed E-state index contributed by atoms with van der Waals surface area (Å²) in [6.45, 7) is 15.1. The summed E-state index contributed by atoms with van der Waals surface area (Å²) in [6, 6.07) is 6.78. The Balaban J connectivity index is 1.54. The van der Waals surface area contributed by atoms with E-state index in [1.54, 1.807) is 7.11 Å². The summed E-state index contributed by atoms with van der Waals surface area (Å²) in [5.74, 6) is 2.80. The fourth-order valence-electron chi connectivity index (χ4n) is 6.73. The van der Waals surface area contributed by atoms with Gasteiger partial charge in [-0.25, -0.2) is 0 Å². The number of ether oxygens (including phenoxy) is 3. The normalized spacial score (nSPS) is 25.1. The Labute approximate surface area is 210 Å². The van der Waals surface area contributed by atoms with Crippen LogP contribution in [-0.2, 0) is 17.3 Å². The number of nitrogens with zero attached hydrogens (tertiary/aromatic N) is 1. The topological polar surface area (TPSA) is 51.2 Å². The summed E-state index contributed by atoms with van der Waals surface area (Å²) >= 11 is 0. The van der Waals surface area contributed by atoms with Gasteiger partial charge in [0.1, 0.15) is 0 Å². The van der Waals surface area contributed by atoms with Gasteiger partial charge in [-0.2, -0.15) is 0 Å². The van der Waals surface area contributed by atoms with Gasteiger partial charge in [0.15, 0.2) is 11.5 Å². The molecule has 35 heavy (non-hydrogen) atoms. The summed E-state index contributed by atoms with van der Waals surface area (Å²) in [5.41, 5.74) is 7.59. The van der Waals surface area contributed by atoms with E-state index in [4.69, 9.17) is 14.2 Å². The number of fused-ring (bicyclic) bond motifs is 3. The van der Waals surface area contributed by atoms with Gasteiger partial charge >= 0.3 is 0 Å². The van der Waals surface area contributed by atoms with Gasteiger partial charge in [-0.1, -0.05) is 46.8 Å². The van der Waals surface area contributed by atoms with Crippen LogP contribution in [0.15, 0.2) is 18.2 Å². The summed E-state index contributed by atoms with van der Waals surface area (Å²) in [7, 11) is 3.83. The van der Waals surface area contributed by atoms with Gasteiger partial charge in [0.25, 0.3) is 0 Å². The highest BCUT2D eigenvalue weighted by molar-refractivity contribution is 5.62. The third kappa shape index (κ3) is 3.82. The first-order chi connectivity index (χ1) is 16.5. The third-order valence-corrected chi connectivity index (χ3v) is 9.23. The summed E-state index contributed by atoms with van der Waals surface area (Å²) < 4.78 is 17.3. The van der Waals surface area contributed by atoms with Crippen LogP contribution in [0.3, 0.4) is 0 Å². The lowest BCUT2D eigenvalue weighted by Gasteiger charge is -2.47. The van der Waals surface area contributed by atoms with Gasteiger partial charge in [-0.15, -0.1) is 0 Å². The number of likely N-dealkylation sites (N-methyl/N-ethyl adjacent to an activating group) is 1. The molecule has 5 heteroatoms. The molecule has 2 heterocycles. The second kappa shape index (κ2) is 8.41. The van der Waals surface area contributed by atoms with Gasteiger partial charge in [0, 0.05) is 18.2 Å². The van der Waals surface area contributed by atoms with E-state index >= 15 is 0 Å². The molecule has 0 fully saturated rings. The number of benzene rings is 2. The monoisotopic (exact) mass is 479 g/mol. The van der Waals surface area contributed by atoms with Crippen molar-refractivity contribution in [1.82, 2.24) is 4.90 Å². The quantitative estimate of drug-likeness (QED) is 0.585. The molecule has 0 saturated heterocycles. The van der Waals surface area contributed by atoms with Gasteiger partial charge < -0.3 is 19.3 Å². The van der Waals surface area contributed by atoms with Crippen LogP contribution in [0.1, 0.15) is 93.0 Å². The number of rotatable bonds is 4. The van der Waals surface area contributed by atoms with Crippen LogP contribution in [0.4, 0.5) is 0 Å². The molecule has 190 valence electrons. The predicted molar refractivity (Wildman–Crippen MR) is 139 cm³/mol. The number of hydrogen-bond donors (Lipinski definition) is 1. The Morgan fingerprint density at radius 1 is 1.14 bits per heavy atom. The highest BCUT2D eigenvalue weighted by Crippen LogP contribution is 2.52. The zero-order valence-electron chi connectivity index (χ0n) is 22.6. The molecule has 2 aromatic carbocycles. The molecule has 2 aliphatic heterocycles. The maximum Gasteiger partial charge on any atom is 0.231 e. The Morgan fingerprint density at radius 3 is 2.60 bits per heavy atom. The average Bonchev–Trinajstić information content (AvgIpc) is 3.26. The van der Waals surface area contributed by atoms with Crippen molar-refractivity contribution in [3.63, 3.8) is 0 Å². The van der Waals surface area contributed by atoms with E-state index in [1.807, 2.05) is 0 Å². The van der Waals surface area contributed by atoms with Crippen LogP contribution < -0.4 is 14.2 Å². The molecule has 5 nitrogen and oxygen atoms in total. The van der Waals surface area contributed by atoms with Crippen LogP contribution in [0.25, 0.3) is 0 Å². The Bertz CT molecular complexity index is 1150. The van der Waals surface area contributed by atoms with Gasteiger partial charge in [0.05, 0.1) is 13.2 Å². The second-order valence-electron chi connectivity index (χ2n) is 12.2. The van der Waals surface area contributed by atoms with Crippen molar-refractivity contribution < 1.29 is 19.3 Å². The molecule has 1 aliphatic carbocycles. The van der Waals surface area contributed by atoms with Crippen molar-refractivity contribution >= 4 is 0 Å². The summed E-state index contributed by atoms with van der Waals surface area (Å²) in [4.78, 5) is 2.33. The minimum atomic E-state index is -0.577. The molecule has 0 aromatic heterocycles. The highest BCUT2D eigenvalue weighted by Gasteiger charge is 2.43. The number of aliphatic hydroxyl groups excluding tert-OH is 1. The first-order valence-electron chi connectivity index (χ1n) is 13.0. The fourth-order valence-corrected chi connectivity index (χ4v) is 6.73. The van der Waals surface area contributed by atoms with Crippen molar-refractivity contribution in [3.8, 4) is 17.2 Å². The minimum absolute atomic E-state index is 0.0260. The molecule has 0 unspecified atom stereocenters. The fraction of sp³-hybridized carbons (Fsp3) is 0.600. The first kappa shape index (κ1) is 24.5. The van der Waals surface area contributed by atoms with E-state index in [2.05, 4.69) is 71.7 Å². The Morgan fingerprint density at radius 2 is 1.89 bits per heavy atom. The molecule has 0 saturated carbocycles. The average molecular weight is 480 g/mol. The van der Waals surface area contributed by atoms with Gasteiger partial charge in [0.2, 0.25) is 12.5 Å². The van der Waals surface area contributed by atoms with Crippen molar-refractivity contribution in [2.75, 3.05) is 27.5 Å². The molecule has 0 spiro atoms. The summed E-state index contributed by atoms with van der Waals surface area (Å²) in [5, 5.41) is 11.7. The van der Waals surface area contributed by atoms with Crippen LogP contribution >= 0.6 is 0 Å².